The van der Waals surface area contributed by atoms with Gasteiger partial charge in [-0.25, -0.2) is 0 Å². The van der Waals surface area contributed by atoms with E-state index in [0.29, 0.717) is 25.7 Å². The molecule has 1 heterocycles. The van der Waals surface area contributed by atoms with Crippen LogP contribution in [-0.4, -0.2) is 46.9 Å². The van der Waals surface area contributed by atoms with Gasteiger partial charge in [-0.2, -0.15) is 0 Å². The minimum atomic E-state index is -0.859. The maximum atomic E-state index is 13.9. The van der Waals surface area contributed by atoms with Crippen LogP contribution in [0.1, 0.15) is 89.7 Å². The molecule has 4 atom stereocenters. The van der Waals surface area contributed by atoms with Crippen molar-refractivity contribution in [2.24, 2.45) is 17.8 Å². The molecule has 2 fully saturated rings. The highest BCUT2D eigenvalue weighted by Gasteiger charge is 2.39. The highest BCUT2D eigenvalue weighted by atomic mass is 16.2. The van der Waals surface area contributed by atoms with Gasteiger partial charge in [0.2, 0.25) is 17.7 Å². The molecule has 3 N–H and O–H groups in total. The fourth-order valence-corrected chi connectivity index (χ4v) is 6.73. The van der Waals surface area contributed by atoms with Crippen molar-refractivity contribution in [3.05, 3.63) is 71.8 Å². The summed E-state index contributed by atoms with van der Waals surface area (Å²) in [6.07, 6.45) is 5.35. The van der Waals surface area contributed by atoms with Crippen LogP contribution in [-0.2, 0) is 36.8 Å². The molecule has 242 valence electrons. The molecular weight excluding hydrogens is 566 g/mol. The predicted molar refractivity (Wildman–Crippen MR) is 174 cm³/mol. The van der Waals surface area contributed by atoms with E-state index < -0.39 is 35.4 Å². The Labute approximate surface area is 267 Å². The number of carbonyl (C=O) groups excluding carboxylic acids is 5. The van der Waals surface area contributed by atoms with E-state index in [9.17, 15) is 24.0 Å². The summed E-state index contributed by atoms with van der Waals surface area (Å²) in [4.78, 5) is 68.2. The van der Waals surface area contributed by atoms with Gasteiger partial charge in [0.1, 0.15) is 11.8 Å². The summed E-state index contributed by atoms with van der Waals surface area (Å²) < 4.78 is 0. The smallest absolute Gasteiger partial charge is 0.243 e. The van der Waals surface area contributed by atoms with Crippen molar-refractivity contribution in [1.29, 1.82) is 0 Å². The van der Waals surface area contributed by atoms with E-state index >= 15 is 0 Å². The zero-order valence-corrected chi connectivity index (χ0v) is 27.0. The third-order valence-corrected chi connectivity index (χ3v) is 9.33. The van der Waals surface area contributed by atoms with Crippen molar-refractivity contribution in [1.82, 2.24) is 16.0 Å². The van der Waals surface area contributed by atoms with Crippen LogP contribution in [0.2, 0.25) is 0 Å². The molecule has 1 aliphatic heterocycles. The number of nitrogens with one attached hydrogen (secondary N) is 3. The number of Topliss-reactive ketones (excluding diaryl/α,β-unsaturated/α-hetero) is 2. The first kappa shape index (κ1) is 34.1. The molecule has 2 aromatic rings. The van der Waals surface area contributed by atoms with Crippen LogP contribution in [0.4, 0.5) is 0 Å². The summed E-state index contributed by atoms with van der Waals surface area (Å²) in [6, 6.07) is 17.5. The van der Waals surface area contributed by atoms with Crippen LogP contribution in [0.15, 0.2) is 60.7 Å². The summed E-state index contributed by atoms with van der Waals surface area (Å²) in [5.41, 5.74) is 1.37. The second-order valence-corrected chi connectivity index (χ2v) is 13.6. The average molecular weight is 616 g/mol. The van der Waals surface area contributed by atoms with Crippen LogP contribution >= 0.6 is 0 Å². The van der Waals surface area contributed by atoms with Crippen molar-refractivity contribution >= 4 is 29.3 Å². The average Bonchev–Trinajstić information content (AvgIpc) is 3.47. The highest BCUT2D eigenvalue weighted by Crippen LogP contribution is 2.35. The van der Waals surface area contributed by atoms with Crippen LogP contribution in [0.25, 0.3) is 0 Å². The molecule has 1 spiro atoms. The number of hydrogen-bond donors (Lipinski definition) is 3. The molecule has 3 amide bonds. The normalized spacial score (nSPS) is 25.5. The number of carbonyl (C=O) groups is 5. The van der Waals surface area contributed by atoms with Crippen molar-refractivity contribution in [2.75, 3.05) is 0 Å². The first-order valence-corrected chi connectivity index (χ1v) is 16.6. The van der Waals surface area contributed by atoms with E-state index in [2.05, 4.69) is 16.0 Å². The topological polar surface area (TPSA) is 121 Å². The molecule has 0 aromatic heterocycles. The third-order valence-electron chi connectivity index (χ3n) is 9.33. The standard InChI is InChI=1S/C37H49N3O5/c1-25(2)20-32-36(45)38-26(3)33(42)24-30(22-28-14-8-5-9-15-28)35(44)40-37(17-10-11-18-37)19-16-31(41)23-29(34(43)39-32)21-27-12-6-4-7-13-27/h4-9,12-15,25-26,29-30,32H,10-11,16-24H2,1-3H3,(H,38,45)(H,39,43)(H,40,44)/t26-,29+,30+,32-/m0/s1. The predicted octanol–water partition coefficient (Wildman–Crippen LogP) is 4.88. The van der Waals surface area contributed by atoms with Crippen molar-refractivity contribution in [3.8, 4) is 0 Å². The van der Waals surface area contributed by atoms with Gasteiger partial charge >= 0.3 is 0 Å². The largest absolute Gasteiger partial charge is 0.350 e. The maximum Gasteiger partial charge on any atom is 0.243 e. The lowest BCUT2D eigenvalue weighted by atomic mass is 9.85. The van der Waals surface area contributed by atoms with E-state index in [-0.39, 0.29) is 48.6 Å². The van der Waals surface area contributed by atoms with Gasteiger partial charge in [-0.1, -0.05) is 87.4 Å². The summed E-state index contributed by atoms with van der Waals surface area (Å²) in [5.74, 6) is -2.44. The molecule has 1 aliphatic carbocycles. The van der Waals surface area contributed by atoms with Gasteiger partial charge in [0.25, 0.3) is 0 Å². The lowest BCUT2D eigenvalue weighted by Crippen LogP contribution is -2.53. The van der Waals surface area contributed by atoms with Gasteiger partial charge in [0.15, 0.2) is 5.78 Å². The fraction of sp³-hybridized carbons (Fsp3) is 0.541. The van der Waals surface area contributed by atoms with Gasteiger partial charge < -0.3 is 16.0 Å². The molecule has 0 unspecified atom stereocenters. The molecule has 2 aliphatic rings. The minimum Gasteiger partial charge on any atom is -0.350 e. The summed E-state index contributed by atoms with van der Waals surface area (Å²) in [7, 11) is 0. The van der Waals surface area contributed by atoms with Crippen LogP contribution in [0.3, 0.4) is 0 Å². The Morgan fingerprint density at radius 2 is 1.27 bits per heavy atom. The second kappa shape index (κ2) is 16.0. The highest BCUT2D eigenvalue weighted by molar-refractivity contribution is 5.95. The number of amides is 3. The van der Waals surface area contributed by atoms with Gasteiger partial charge in [-0.15, -0.1) is 0 Å². The van der Waals surface area contributed by atoms with E-state index in [1.54, 1.807) is 6.92 Å². The Bertz CT molecular complexity index is 1320. The van der Waals surface area contributed by atoms with Crippen LogP contribution in [0, 0.1) is 17.8 Å². The monoisotopic (exact) mass is 615 g/mol. The summed E-state index contributed by atoms with van der Waals surface area (Å²) in [5, 5.41) is 9.05. The molecule has 1 saturated heterocycles. The molecule has 8 heteroatoms. The van der Waals surface area contributed by atoms with Crippen molar-refractivity contribution < 1.29 is 24.0 Å². The molecule has 0 bridgehead atoms. The first-order chi connectivity index (χ1) is 21.5. The van der Waals surface area contributed by atoms with E-state index in [4.69, 9.17) is 0 Å². The first-order valence-electron chi connectivity index (χ1n) is 16.6. The Balaban J connectivity index is 1.64. The van der Waals surface area contributed by atoms with E-state index in [0.717, 1.165) is 36.8 Å². The van der Waals surface area contributed by atoms with Crippen LogP contribution < -0.4 is 16.0 Å². The van der Waals surface area contributed by atoms with Gasteiger partial charge in [0, 0.05) is 36.6 Å². The van der Waals surface area contributed by atoms with Crippen molar-refractivity contribution in [2.45, 2.75) is 109 Å². The molecule has 4 rings (SSSR count). The fourth-order valence-electron chi connectivity index (χ4n) is 6.73. The van der Waals surface area contributed by atoms with Gasteiger partial charge in [-0.3, -0.25) is 24.0 Å². The molecule has 45 heavy (non-hydrogen) atoms. The Kier molecular flexibility index (Phi) is 12.1. The maximum absolute atomic E-state index is 13.9. The van der Waals surface area contributed by atoms with Crippen LogP contribution in [0.5, 0.6) is 0 Å². The zero-order chi connectivity index (χ0) is 32.4. The zero-order valence-electron chi connectivity index (χ0n) is 27.0. The molecule has 2 aromatic carbocycles. The Morgan fingerprint density at radius 3 is 1.82 bits per heavy atom. The minimum absolute atomic E-state index is 0.0302. The summed E-state index contributed by atoms with van der Waals surface area (Å²) in [6.45, 7) is 5.57. The lowest BCUT2D eigenvalue weighted by molar-refractivity contribution is -0.134. The van der Waals surface area contributed by atoms with Crippen molar-refractivity contribution in [3.63, 3.8) is 0 Å². The van der Waals surface area contributed by atoms with E-state index in [1.165, 1.54) is 0 Å². The second-order valence-electron chi connectivity index (χ2n) is 13.6. The number of benzene rings is 2. The van der Waals surface area contributed by atoms with Gasteiger partial charge in [0.05, 0.1) is 6.04 Å². The lowest BCUT2D eigenvalue weighted by Gasteiger charge is -2.32. The number of rotatable bonds is 6. The number of ketones is 2. The molecular formula is C37H49N3O5. The SMILES string of the molecule is CC(C)C[C@@H]1NC(=O)[C@H](Cc2ccccc2)CC(=O)CCC2(CCCC2)NC(=O)[C@H](Cc2ccccc2)CC(=O)[C@H](C)NC1=O. The Morgan fingerprint density at radius 1 is 0.711 bits per heavy atom. The summed E-state index contributed by atoms with van der Waals surface area (Å²) >= 11 is 0. The number of hydrogen-bond acceptors (Lipinski definition) is 5. The van der Waals surface area contributed by atoms with E-state index in [1.807, 2.05) is 74.5 Å². The molecule has 0 radical (unpaired) electrons. The quantitative estimate of drug-likeness (QED) is 0.428. The Hall–Kier alpha value is -3.81. The van der Waals surface area contributed by atoms with Gasteiger partial charge in [-0.05, 0) is 62.5 Å². The molecule has 8 nitrogen and oxygen atoms in total. The molecule has 1 saturated carbocycles. The third kappa shape index (κ3) is 10.1.